The molecule has 0 saturated heterocycles. The molecule has 0 radical (unpaired) electrons. The number of H-pyrrole nitrogens is 1. The van der Waals surface area contributed by atoms with E-state index >= 15 is 0 Å². The fraction of sp³-hybridized carbons (Fsp3) is 0.238. The normalized spacial score (nSPS) is 11.9. The number of carbonyl (C=O) groups is 1. The van der Waals surface area contributed by atoms with Crippen LogP contribution in [0.25, 0.3) is 22.1 Å². The van der Waals surface area contributed by atoms with E-state index in [1.54, 1.807) is 63.4 Å². The third kappa shape index (κ3) is 3.87. The number of ether oxygens (including phenoxy) is 1. The van der Waals surface area contributed by atoms with Gasteiger partial charge in [0.25, 0.3) is 11.9 Å². The highest BCUT2D eigenvalue weighted by molar-refractivity contribution is 7.89. The summed E-state index contributed by atoms with van der Waals surface area (Å²) < 4.78 is 32.2. The van der Waals surface area contributed by atoms with Crippen LogP contribution in [-0.4, -0.2) is 59.0 Å². The standard InChI is InChI=1S/C21H22N6O4S/c1-4-27(5-2)32(29,30)15-10-11-17-16(12-15)18-19(22-17)23-21(26-25-18)24-20(28)13-6-8-14(31-3)9-7-13/h6-12H,4-5H2,1-3H3,(H2,22,23,24,26,28). The minimum atomic E-state index is -3.61. The van der Waals surface area contributed by atoms with Gasteiger partial charge >= 0.3 is 0 Å². The minimum Gasteiger partial charge on any atom is -0.497 e. The number of hydrogen-bond acceptors (Lipinski definition) is 7. The van der Waals surface area contributed by atoms with E-state index in [2.05, 4.69) is 25.5 Å². The first kappa shape index (κ1) is 21.7. The number of nitrogens with one attached hydrogen (secondary N) is 2. The summed E-state index contributed by atoms with van der Waals surface area (Å²) in [6.45, 7) is 4.34. The van der Waals surface area contributed by atoms with Crippen LogP contribution in [0, 0.1) is 0 Å². The summed E-state index contributed by atoms with van der Waals surface area (Å²) in [7, 11) is -2.07. The Balaban J connectivity index is 1.66. The predicted molar refractivity (Wildman–Crippen MR) is 120 cm³/mol. The average molecular weight is 455 g/mol. The molecule has 0 aliphatic carbocycles. The van der Waals surface area contributed by atoms with Gasteiger partial charge in [0.1, 0.15) is 11.3 Å². The summed E-state index contributed by atoms with van der Waals surface area (Å²) in [5.74, 6) is 0.278. The molecule has 0 aliphatic heterocycles. The number of methoxy groups -OCH3 is 1. The number of nitrogens with zero attached hydrogens (tertiary/aromatic N) is 4. The molecule has 32 heavy (non-hydrogen) atoms. The first-order valence-corrected chi connectivity index (χ1v) is 11.4. The van der Waals surface area contributed by atoms with Gasteiger partial charge in [0.15, 0.2) is 5.65 Å². The molecule has 4 rings (SSSR count). The smallest absolute Gasteiger partial charge is 0.258 e. The lowest BCUT2D eigenvalue weighted by atomic mass is 10.2. The second kappa shape index (κ2) is 8.52. The first-order chi connectivity index (χ1) is 15.4. The molecule has 2 N–H and O–H groups in total. The largest absolute Gasteiger partial charge is 0.497 e. The number of hydrogen-bond donors (Lipinski definition) is 2. The Bertz CT molecular complexity index is 1400. The van der Waals surface area contributed by atoms with E-state index in [1.165, 1.54) is 4.31 Å². The van der Waals surface area contributed by atoms with Crippen LogP contribution in [0.3, 0.4) is 0 Å². The van der Waals surface area contributed by atoms with E-state index in [0.29, 0.717) is 46.5 Å². The second-order valence-electron chi connectivity index (χ2n) is 6.94. The molecule has 0 atom stereocenters. The van der Waals surface area contributed by atoms with Crippen LogP contribution in [0.5, 0.6) is 5.75 Å². The second-order valence-corrected chi connectivity index (χ2v) is 8.87. The number of aromatic nitrogens is 4. The zero-order chi connectivity index (χ0) is 22.9. The molecule has 0 aliphatic rings. The summed E-state index contributed by atoms with van der Waals surface area (Å²) in [5, 5.41) is 11.4. The fourth-order valence-corrected chi connectivity index (χ4v) is 4.88. The Labute approximate surface area is 184 Å². The molecular formula is C21H22N6O4S. The number of carbonyl (C=O) groups excluding carboxylic acids is 1. The van der Waals surface area contributed by atoms with E-state index in [4.69, 9.17) is 4.74 Å². The molecule has 2 aromatic carbocycles. The van der Waals surface area contributed by atoms with Gasteiger partial charge in [-0.1, -0.05) is 13.8 Å². The molecule has 0 fully saturated rings. The Morgan fingerprint density at radius 2 is 1.81 bits per heavy atom. The van der Waals surface area contributed by atoms with Gasteiger partial charge in [-0.05, 0) is 42.5 Å². The monoisotopic (exact) mass is 454 g/mol. The Kier molecular flexibility index (Phi) is 5.76. The Morgan fingerprint density at radius 3 is 2.47 bits per heavy atom. The molecule has 0 bridgehead atoms. The summed E-state index contributed by atoms with van der Waals surface area (Å²) in [5.41, 5.74) is 1.88. The van der Waals surface area contributed by atoms with Gasteiger partial charge in [0.05, 0.1) is 12.0 Å². The van der Waals surface area contributed by atoms with Crippen LogP contribution < -0.4 is 10.1 Å². The van der Waals surface area contributed by atoms with Gasteiger partial charge in [-0.25, -0.2) is 8.42 Å². The van der Waals surface area contributed by atoms with E-state index < -0.39 is 15.9 Å². The summed E-state index contributed by atoms with van der Waals surface area (Å²) >= 11 is 0. The van der Waals surface area contributed by atoms with Crippen molar-refractivity contribution >= 4 is 43.9 Å². The van der Waals surface area contributed by atoms with Gasteiger partial charge in [0.2, 0.25) is 10.0 Å². The molecular weight excluding hydrogens is 432 g/mol. The first-order valence-electron chi connectivity index (χ1n) is 9.99. The van der Waals surface area contributed by atoms with Crippen molar-refractivity contribution in [2.75, 3.05) is 25.5 Å². The maximum absolute atomic E-state index is 12.9. The molecule has 166 valence electrons. The molecule has 2 heterocycles. The maximum Gasteiger partial charge on any atom is 0.258 e. The van der Waals surface area contributed by atoms with Crippen LogP contribution in [0.1, 0.15) is 24.2 Å². The molecule has 0 unspecified atom stereocenters. The topological polar surface area (TPSA) is 130 Å². The van der Waals surface area contributed by atoms with Crippen molar-refractivity contribution in [2.45, 2.75) is 18.7 Å². The van der Waals surface area contributed by atoms with E-state index in [0.717, 1.165) is 0 Å². The van der Waals surface area contributed by atoms with Gasteiger partial charge < -0.3 is 9.72 Å². The molecule has 2 aromatic heterocycles. The third-order valence-corrected chi connectivity index (χ3v) is 7.15. The number of sulfonamides is 1. The number of rotatable bonds is 7. The molecule has 4 aromatic rings. The number of amides is 1. The van der Waals surface area contributed by atoms with Gasteiger partial charge in [-0.2, -0.15) is 9.29 Å². The average Bonchev–Trinajstić information content (AvgIpc) is 3.16. The van der Waals surface area contributed by atoms with Crippen molar-refractivity contribution < 1.29 is 17.9 Å². The molecule has 11 heteroatoms. The SMILES string of the molecule is CCN(CC)S(=O)(=O)c1ccc2[nH]c3nc(NC(=O)c4ccc(OC)cc4)nnc3c2c1. The van der Waals surface area contributed by atoms with Crippen molar-refractivity contribution in [3.63, 3.8) is 0 Å². The van der Waals surface area contributed by atoms with Crippen molar-refractivity contribution in [2.24, 2.45) is 0 Å². The summed E-state index contributed by atoms with van der Waals surface area (Å²) in [6.07, 6.45) is 0. The maximum atomic E-state index is 12.9. The molecule has 1 amide bonds. The van der Waals surface area contributed by atoms with E-state index in [-0.39, 0.29) is 10.8 Å². The van der Waals surface area contributed by atoms with Crippen LogP contribution in [0.15, 0.2) is 47.4 Å². The highest BCUT2D eigenvalue weighted by Gasteiger charge is 2.23. The van der Waals surface area contributed by atoms with Gasteiger partial charge in [-0.15, -0.1) is 10.2 Å². The van der Waals surface area contributed by atoms with E-state index in [9.17, 15) is 13.2 Å². The van der Waals surface area contributed by atoms with Crippen LogP contribution in [0.4, 0.5) is 5.95 Å². The zero-order valence-corrected chi connectivity index (χ0v) is 18.6. The van der Waals surface area contributed by atoms with Crippen molar-refractivity contribution in [1.82, 2.24) is 24.5 Å². The van der Waals surface area contributed by atoms with Crippen molar-refractivity contribution in [1.29, 1.82) is 0 Å². The lowest BCUT2D eigenvalue weighted by Gasteiger charge is -2.18. The molecule has 0 saturated carbocycles. The van der Waals surface area contributed by atoms with Gasteiger partial charge in [0, 0.05) is 29.6 Å². The number of anilines is 1. The Hall–Kier alpha value is -3.57. The lowest BCUT2D eigenvalue weighted by Crippen LogP contribution is -2.30. The molecule has 10 nitrogen and oxygen atoms in total. The van der Waals surface area contributed by atoms with E-state index in [1.807, 2.05) is 0 Å². The van der Waals surface area contributed by atoms with Gasteiger partial charge in [-0.3, -0.25) is 10.1 Å². The van der Waals surface area contributed by atoms with Crippen molar-refractivity contribution in [3.05, 3.63) is 48.0 Å². The Morgan fingerprint density at radius 1 is 1.09 bits per heavy atom. The number of fused-ring (bicyclic) bond motifs is 3. The minimum absolute atomic E-state index is 0.0286. The quantitative estimate of drug-likeness (QED) is 0.439. The highest BCUT2D eigenvalue weighted by Crippen LogP contribution is 2.27. The van der Waals surface area contributed by atoms with Crippen molar-refractivity contribution in [3.8, 4) is 5.75 Å². The lowest BCUT2D eigenvalue weighted by molar-refractivity contribution is 0.102. The van der Waals surface area contributed by atoms with Crippen LogP contribution >= 0.6 is 0 Å². The van der Waals surface area contributed by atoms with Crippen LogP contribution in [0.2, 0.25) is 0 Å². The zero-order valence-electron chi connectivity index (χ0n) is 17.8. The molecule has 0 spiro atoms. The fourth-order valence-electron chi connectivity index (χ4n) is 3.39. The van der Waals surface area contributed by atoms with Crippen LogP contribution in [-0.2, 0) is 10.0 Å². The highest BCUT2D eigenvalue weighted by atomic mass is 32.2. The third-order valence-electron chi connectivity index (χ3n) is 5.11. The summed E-state index contributed by atoms with van der Waals surface area (Å²) in [6, 6.07) is 11.4. The number of benzene rings is 2. The summed E-state index contributed by atoms with van der Waals surface area (Å²) in [4.78, 5) is 20.0. The predicted octanol–water partition coefficient (Wildman–Crippen LogP) is 2.80. The number of aromatic amines is 1.